The molecule has 0 bridgehead atoms. The molecule has 5 nitrogen and oxygen atoms in total. The summed E-state index contributed by atoms with van der Waals surface area (Å²) in [6.07, 6.45) is 5.01. The number of aromatic carboxylic acids is 1. The van der Waals surface area contributed by atoms with Gasteiger partial charge in [0.1, 0.15) is 5.69 Å². The summed E-state index contributed by atoms with van der Waals surface area (Å²) >= 11 is 0. The van der Waals surface area contributed by atoms with E-state index in [4.69, 9.17) is 5.11 Å². The minimum atomic E-state index is -0.976. The first-order valence-corrected chi connectivity index (χ1v) is 6.89. The summed E-state index contributed by atoms with van der Waals surface area (Å²) in [7, 11) is 0. The zero-order valence-corrected chi connectivity index (χ0v) is 11.3. The molecule has 2 rings (SSSR count). The van der Waals surface area contributed by atoms with Gasteiger partial charge in [-0.05, 0) is 44.5 Å². The Bertz CT molecular complexity index is 413. The van der Waals surface area contributed by atoms with Crippen molar-refractivity contribution in [1.29, 1.82) is 0 Å². The van der Waals surface area contributed by atoms with E-state index in [1.165, 1.54) is 0 Å². The largest absolute Gasteiger partial charge is 0.477 e. The van der Waals surface area contributed by atoms with Gasteiger partial charge in [-0.1, -0.05) is 6.92 Å². The summed E-state index contributed by atoms with van der Waals surface area (Å²) in [6.45, 7) is 5.24. The number of rotatable bonds is 5. The van der Waals surface area contributed by atoms with E-state index >= 15 is 0 Å². The SMILES string of the molecule is CCCN(c1ccc(C(=O)O)nc1)C1CCNCC1. The lowest BCUT2D eigenvalue weighted by Crippen LogP contribution is -2.43. The number of nitrogens with zero attached hydrogens (tertiary/aromatic N) is 2. The van der Waals surface area contributed by atoms with Gasteiger partial charge in [-0.2, -0.15) is 0 Å². The van der Waals surface area contributed by atoms with Crippen LogP contribution >= 0.6 is 0 Å². The molecule has 0 aliphatic carbocycles. The molecule has 19 heavy (non-hydrogen) atoms. The highest BCUT2D eigenvalue weighted by Crippen LogP contribution is 2.21. The van der Waals surface area contributed by atoms with Crippen molar-refractivity contribution < 1.29 is 9.90 Å². The van der Waals surface area contributed by atoms with E-state index in [2.05, 4.69) is 22.1 Å². The Labute approximate surface area is 113 Å². The molecule has 0 atom stereocenters. The number of hydrogen-bond acceptors (Lipinski definition) is 4. The molecule has 0 spiro atoms. The highest BCUT2D eigenvalue weighted by atomic mass is 16.4. The van der Waals surface area contributed by atoms with Gasteiger partial charge < -0.3 is 15.3 Å². The third-order valence-corrected chi connectivity index (χ3v) is 3.51. The van der Waals surface area contributed by atoms with Gasteiger partial charge in [-0.3, -0.25) is 0 Å². The van der Waals surface area contributed by atoms with Gasteiger partial charge in [-0.15, -0.1) is 0 Å². The average Bonchev–Trinajstić information content (AvgIpc) is 2.46. The second-order valence-electron chi connectivity index (χ2n) is 4.88. The Morgan fingerprint density at radius 1 is 1.47 bits per heavy atom. The zero-order valence-electron chi connectivity index (χ0n) is 11.3. The fraction of sp³-hybridized carbons (Fsp3) is 0.571. The number of aromatic nitrogens is 1. The van der Waals surface area contributed by atoms with Crippen molar-refractivity contribution >= 4 is 11.7 Å². The number of carboxylic acids is 1. The highest BCUT2D eigenvalue weighted by Gasteiger charge is 2.21. The summed E-state index contributed by atoms with van der Waals surface area (Å²) in [5.74, 6) is -0.976. The van der Waals surface area contributed by atoms with Crippen molar-refractivity contribution in [2.45, 2.75) is 32.2 Å². The molecular formula is C14H21N3O2. The van der Waals surface area contributed by atoms with E-state index in [-0.39, 0.29) is 5.69 Å². The van der Waals surface area contributed by atoms with Gasteiger partial charge in [-0.25, -0.2) is 9.78 Å². The zero-order chi connectivity index (χ0) is 13.7. The van der Waals surface area contributed by atoms with Gasteiger partial charge in [0.05, 0.1) is 11.9 Å². The number of piperidine rings is 1. The van der Waals surface area contributed by atoms with Crippen LogP contribution in [0.1, 0.15) is 36.7 Å². The van der Waals surface area contributed by atoms with Crippen LogP contribution in [0, 0.1) is 0 Å². The van der Waals surface area contributed by atoms with Crippen LogP contribution in [0.3, 0.4) is 0 Å². The Balaban J connectivity index is 2.15. The summed E-state index contributed by atoms with van der Waals surface area (Å²) in [5, 5.41) is 12.2. The Hall–Kier alpha value is -1.62. The molecule has 0 radical (unpaired) electrons. The van der Waals surface area contributed by atoms with Crippen molar-refractivity contribution in [1.82, 2.24) is 10.3 Å². The quantitative estimate of drug-likeness (QED) is 0.847. The summed E-state index contributed by atoms with van der Waals surface area (Å²) in [4.78, 5) is 17.2. The molecule has 1 aliphatic rings. The number of hydrogen-bond donors (Lipinski definition) is 2. The van der Waals surface area contributed by atoms with Gasteiger partial charge in [0.15, 0.2) is 0 Å². The van der Waals surface area contributed by atoms with E-state index in [1.54, 1.807) is 12.3 Å². The van der Waals surface area contributed by atoms with Crippen molar-refractivity contribution in [3.63, 3.8) is 0 Å². The molecule has 104 valence electrons. The predicted molar refractivity (Wildman–Crippen MR) is 74.7 cm³/mol. The Morgan fingerprint density at radius 2 is 2.21 bits per heavy atom. The summed E-state index contributed by atoms with van der Waals surface area (Å²) in [6, 6.07) is 3.98. The second-order valence-corrected chi connectivity index (χ2v) is 4.88. The summed E-state index contributed by atoms with van der Waals surface area (Å²) in [5.41, 5.74) is 1.13. The van der Waals surface area contributed by atoms with E-state index in [0.717, 1.165) is 44.6 Å². The van der Waals surface area contributed by atoms with Crippen LogP contribution < -0.4 is 10.2 Å². The Morgan fingerprint density at radius 3 is 2.74 bits per heavy atom. The van der Waals surface area contributed by atoms with Gasteiger partial charge >= 0.3 is 5.97 Å². The first-order valence-electron chi connectivity index (χ1n) is 6.89. The molecule has 5 heteroatoms. The topological polar surface area (TPSA) is 65.5 Å². The number of carboxylic acid groups (broad SMARTS) is 1. The third kappa shape index (κ3) is 3.44. The Kier molecular flexibility index (Phi) is 4.74. The highest BCUT2D eigenvalue weighted by molar-refractivity contribution is 5.85. The number of anilines is 1. The lowest BCUT2D eigenvalue weighted by atomic mass is 10.0. The van der Waals surface area contributed by atoms with Crippen LogP contribution in [0.2, 0.25) is 0 Å². The van der Waals surface area contributed by atoms with Crippen molar-refractivity contribution in [2.24, 2.45) is 0 Å². The van der Waals surface area contributed by atoms with Crippen LogP contribution in [0.4, 0.5) is 5.69 Å². The standard InChI is InChI=1S/C14H21N3O2/c1-2-9-17(11-5-7-15-8-6-11)12-3-4-13(14(18)19)16-10-12/h3-4,10-11,15H,2,5-9H2,1H3,(H,18,19). The molecule has 1 fully saturated rings. The number of carbonyl (C=O) groups is 1. The maximum Gasteiger partial charge on any atom is 0.354 e. The van der Waals surface area contributed by atoms with Crippen LogP contribution in [-0.2, 0) is 0 Å². The summed E-state index contributed by atoms with van der Waals surface area (Å²) < 4.78 is 0. The van der Waals surface area contributed by atoms with Crippen molar-refractivity contribution in [2.75, 3.05) is 24.5 Å². The van der Waals surface area contributed by atoms with Crippen molar-refractivity contribution in [3.8, 4) is 0 Å². The van der Waals surface area contributed by atoms with Gasteiger partial charge in [0, 0.05) is 12.6 Å². The molecule has 0 aromatic carbocycles. The molecule has 1 aliphatic heterocycles. The molecule has 1 aromatic heterocycles. The lowest BCUT2D eigenvalue weighted by Gasteiger charge is -2.36. The lowest BCUT2D eigenvalue weighted by molar-refractivity contribution is 0.0690. The van der Waals surface area contributed by atoms with E-state index in [9.17, 15) is 4.79 Å². The first-order chi connectivity index (χ1) is 9.22. The van der Waals surface area contributed by atoms with Crippen LogP contribution in [0.25, 0.3) is 0 Å². The molecule has 0 saturated carbocycles. The molecule has 2 N–H and O–H groups in total. The van der Waals surface area contributed by atoms with Crippen molar-refractivity contribution in [3.05, 3.63) is 24.0 Å². The number of nitrogens with one attached hydrogen (secondary N) is 1. The molecule has 2 heterocycles. The molecule has 1 aromatic rings. The maximum atomic E-state index is 10.8. The van der Waals surface area contributed by atoms with Crippen LogP contribution in [0.15, 0.2) is 18.3 Å². The normalized spacial score (nSPS) is 16.3. The molecule has 0 amide bonds. The van der Waals surface area contributed by atoms with Gasteiger partial charge in [0.2, 0.25) is 0 Å². The average molecular weight is 263 g/mol. The second kappa shape index (κ2) is 6.52. The molecule has 0 unspecified atom stereocenters. The van der Waals surface area contributed by atoms with Gasteiger partial charge in [0.25, 0.3) is 0 Å². The fourth-order valence-corrected chi connectivity index (χ4v) is 2.56. The molecular weight excluding hydrogens is 242 g/mol. The maximum absolute atomic E-state index is 10.8. The minimum Gasteiger partial charge on any atom is -0.477 e. The third-order valence-electron chi connectivity index (χ3n) is 3.51. The minimum absolute atomic E-state index is 0.102. The monoisotopic (exact) mass is 263 g/mol. The first kappa shape index (κ1) is 13.8. The fourth-order valence-electron chi connectivity index (χ4n) is 2.56. The molecule has 1 saturated heterocycles. The van der Waals surface area contributed by atoms with E-state index < -0.39 is 5.97 Å². The smallest absolute Gasteiger partial charge is 0.354 e. The van der Waals surface area contributed by atoms with Crippen LogP contribution in [-0.4, -0.2) is 41.7 Å². The van der Waals surface area contributed by atoms with E-state index in [0.29, 0.717) is 6.04 Å². The predicted octanol–water partition coefficient (Wildman–Crippen LogP) is 1.75. The van der Waals surface area contributed by atoms with E-state index in [1.807, 2.05) is 6.07 Å². The number of pyridine rings is 1. The van der Waals surface area contributed by atoms with Crippen LogP contribution in [0.5, 0.6) is 0 Å².